The average molecular weight is 371 g/mol. The zero-order chi connectivity index (χ0) is 18.0. The fraction of sp³-hybridized carbons (Fsp3) is 0.450. The average Bonchev–Trinajstić information content (AvgIpc) is 3.39. The van der Waals surface area contributed by atoms with Crippen LogP contribution >= 0.6 is 11.6 Å². The van der Waals surface area contributed by atoms with Gasteiger partial charge in [0.1, 0.15) is 0 Å². The summed E-state index contributed by atoms with van der Waals surface area (Å²) in [7, 11) is 0. The molecule has 0 unspecified atom stereocenters. The van der Waals surface area contributed by atoms with Gasteiger partial charge in [0, 0.05) is 23.7 Å². The van der Waals surface area contributed by atoms with Crippen LogP contribution in [0, 0.1) is 35.5 Å². The number of rotatable bonds is 4. The van der Waals surface area contributed by atoms with Crippen LogP contribution in [0.2, 0.25) is 5.02 Å². The lowest BCUT2D eigenvalue weighted by molar-refractivity contribution is -0.140. The Morgan fingerprint density at radius 1 is 1.12 bits per heavy atom. The maximum Gasteiger partial charge on any atom is 0.233 e. The summed E-state index contributed by atoms with van der Waals surface area (Å²) in [5.74, 6) is 0.832. The molecule has 1 aliphatic heterocycles. The lowest BCUT2D eigenvalue weighted by atomic mass is 9.63. The topological polar surface area (TPSA) is 66.5 Å². The van der Waals surface area contributed by atoms with E-state index in [1.54, 1.807) is 24.3 Å². The van der Waals surface area contributed by atoms with E-state index in [-0.39, 0.29) is 54.4 Å². The number of hydrogen-bond donors (Lipinski definition) is 1. The number of amides is 3. The van der Waals surface area contributed by atoms with Crippen molar-refractivity contribution in [2.45, 2.75) is 12.8 Å². The number of allylic oxidation sites excluding steroid dienone is 2. The van der Waals surface area contributed by atoms with Gasteiger partial charge in [0.15, 0.2) is 0 Å². The predicted molar refractivity (Wildman–Crippen MR) is 96.1 cm³/mol. The van der Waals surface area contributed by atoms with E-state index in [2.05, 4.69) is 17.5 Å². The Kier molecular flexibility index (Phi) is 3.51. The van der Waals surface area contributed by atoms with Crippen LogP contribution in [0.3, 0.4) is 0 Å². The molecule has 0 radical (unpaired) electrons. The third-order valence-electron chi connectivity index (χ3n) is 6.42. The van der Waals surface area contributed by atoms with Crippen LogP contribution in [-0.4, -0.2) is 29.2 Å². The van der Waals surface area contributed by atoms with Crippen LogP contribution in [-0.2, 0) is 14.4 Å². The van der Waals surface area contributed by atoms with Gasteiger partial charge < -0.3 is 5.32 Å². The summed E-state index contributed by atoms with van der Waals surface area (Å²) in [6.07, 6.45) is 5.55. The molecule has 0 aromatic heterocycles. The summed E-state index contributed by atoms with van der Waals surface area (Å²) in [5.41, 5.74) is 0.609. The van der Waals surface area contributed by atoms with E-state index in [0.717, 1.165) is 6.42 Å². The number of carbonyl (C=O) groups is 3. The summed E-state index contributed by atoms with van der Waals surface area (Å²) in [5, 5.41) is 3.30. The fourth-order valence-electron chi connectivity index (χ4n) is 5.24. The van der Waals surface area contributed by atoms with E-state index in [1.807, 2.05) is 0 Å². The van der Waals surface area contributed by atoms with Crippen molar-refractivity contribution in [1.82, 2.24) is 4.90 Å². The van der Waals surface area contributed by atoms with E-state index < -0.39 is 0 Å². The summed E-state index contributed by atoms with van der Waals surface area (Å²) in [4.78, 5) is 39.2. The molecule has 2 saturated carbocycles. The fourth-order valence-corrected chi connectivity index (χ4v) is 5.43. The van der Waals surface area contributed by atoms with E-state index in [0.29, 0.717) is 22.5 Å². The molecule has 3 fully saturated rings. The number of nitrogens with zero attached hydrogens (tertiary/aromatic N) is 1. The third kappa shape index (κ3) is 2.33. The monoisotopic (exact) mass is 370 g/mol. The largest absolute Gasteiger partial charge is 0.326 e. The Bertz CT molecular complexity index is 815. The molecule has 6 atom stereocenters. The smallest absolute Gasteiger partial charge is 0.233 e. The highest BCUT2D eigenvalue weighted by Crippen LogP contribution is 2.65. The standard InChI is InChI=1S/C20H19ClN2O3/c21-10-2-1-3-11(8-10)22-16(24)6-7-23-19(25)17-12-4-5-13(15-9-14(12)15)18(17)20(23)26/h1-5,8,12-15,17-18H,6-7,9H2,(H,22,24)/t12-,13-,14-,15-,17-,18+/m1/s1. The van der Waals surface area contributed by atoms with E-state index >= 15 is 0 Å². The van der Waals surface area contributed by atoms with Crippen LogP contribution in [0.25, 0.3) is 0 Å². The van der Waals surface area contributed by atoms with E-state index in [1.165, 1.54) is 4.90 Å². The Labute approximate surface area is 156 Å². The van der Waals surface area contributed by atoms with Gasteiger partial charge >= 0.3 is 0 Å². The van der Waals surface area contributed by atoms with Crippen molar-refractivity contribution in [3.05, 3.63) is 41.4 Å². The normalized spacial score (nSPS) is 36.1. The van der Waals surface area contributed by atoms with Crippen molar-refractivity contribution in [2.75, 3.05) is 11.9 Å². The number of imide groups is 1. The van der Waals surface area contributed by atoms with Crippen molar-refractivity contribution in [1.29, 1.82) is 0 Å². The van der Waals surface area contributed by atoms with Gasteiger partial charge in [-0.3, -0.25) is 19.3 Å². The molecule has 26 heavy (non-hydrogen) atoms. The van der Waals surface area contributed by atoms with E-state index in [4.69, 9.17) is 11.6 Å². The van der Waals surface area contributed by atoms with Gasteiger partial charge in [0.2, 0.25) is 17.7 Å². The van der Waals surface area contributed by atoms with Crippen LogP contribution in [0.5, 0.6) is 0 Å². The molecule has 6 heteroatoms. The van der Waals surface area contributed by atoms with Gasteiger partial charge in [0.25, 0.3) is 0 Å². The molecule has 0 spiro atoms. The molecule has 4 aliphatic carbocycles. The maximum atomic E-state index is 12.8. The Balaban J connectivity index is 1.25. The molecule has 1 heterocycles. The Hall–Kier alpha value is -2.14. The minimum absolute atomic E-state index is 0.0831. The number of anilines is 1. The zero-order valence-corrected chi connectivity index (χ0v) is 14.9. The van der Waals surface area contributed by atoms with Crippen molar-refractivity contribution in [3.63, 3.8) is 0 Å². The number of carbonyl (C=O) groups excluding carboxylic acids is 3. The molecule has 1 N–H and O–H groups in total. The van der Waals surface area contributed by atoms with E-state index in [9.17, 15) is 14.4 Å². The number of benzene rings is 1. The molecule has 2 bridgehead atoms. The molecule has 6 rings (SSSR count). The van der Waals surface area contributed by atoms with Gasteiger partial charge in [0.05, 0.1) is 11.8 Å². The van der Waals surface area contributed by atoms with Crippen LogP contribution < -0.4 is 5.32 Å². The number of hydrogen-bond acceptors (Lipinski definition) is 3. The molecule has 5 nitrogen and oxygen atoms in total. The summed E-state index contributed by atoms with van der Waals surface area (Å²) < 4.78 is 0. The minimum atomic E-state index is -0.230. The summed E-state index contributed by atoms with van der Waals surface area (Å²) >= 11 is 5.91. The molecule has 3 amide bonds. The molecule has 1 aromatic rings. The van der Waals surface area contributed by atoms with Crippen LogP contribution in [0.15, 0.2) is 36.4 Å². The SMILES string of the molecule is O=C(CCN1C(=O)[C@@H]2[C@@H]3C=C[C@H]([C@H]4C[C@H]34)[C@@H]2C1=O)Nc1cccc(Cl)c1. The van der Waals surface area contributed by atoms with Gasteiger partial charge in [-0.1, -0.05) is 29.8 Å². The van der Waals surface area contributed by atoms with Gasteiger partial charge in [-0.25, -0.2) is 0 Å². The van der Waals surface area contributed by atoms with Crippen molar-refractivity contribution in [2.24, 2.45) is 35.5 Å². The summed E-state index contributed by atoms with van der Waals surface area (Å²) in [6, 6.07) is 6.90. The van der Waals surface area contributed by atoms with Gasteiger partial charge in [-0.15, -0.1) is 0 Å². The number of likely N-dealkylation sites (tertiary alicyclic amines) is 1. The molecular weight excluding hydrogens is 352 g/mol. The maximum absolute atomic E-state index is 12.8. The Morgan fingerprint density at radius 3 is 2.38 bits per heavy atom. The molecule has 134 valence electrons. The lowest BCUT2D eigenvalue weighted by Gasteiger charge is -2.37. The highest BCUT2D eigenvalue weighted by molar-refractivity contribution is 6.30. The molecule has 5 aliphatic rings. The molecule has 1 aromatic carbocycles. The Morgan fingerprint density at radius 2 is 1.77 bits per heavy atom. The van der Waals surface area contributed by atoms with Crippen molar-refractivity contribution in [3.8, 4) is 0 Å². The minimum Gasteiger partial charge on any atom is -0.326 e. The van der Waals surface area contributed by atoms with Crippen LogP contribution in [0.4, 0.5) is 5.69 Å². The second-order valence-corrected chi connectivity index (χ2v) is 8.23. The second-order valence-electron chi connectivity index (χ2n) is 7.79. The third-order valence-corrected chi connectivity index (χ3v) is 6.66. The van der Waals surface area contributed by atoms with Crippen LogP contribution in [0.1, 0.15) is 12.8 Å². The first kappa shape index (κ1) is 16.1. The quantitative estimate of drug-likeness (QED) is 0.654. The predicted octanol–water partition coefficient (Wildman–Crippen LogP) is 2.72. The number of halogens is 1. The first-order chi connectivity index (χ1) is 12.5. The number of nitrogens with one attached hydrogen (secondary N) is 1. The second kappa shape index (κ2) is 5.68. The zero-order valence-electron chi connectivity index (χ0n) is 14.1. The highest BCUT2D eigenvalue weighted by Gasteiger charge is 2.66. The van der Waals surface area contributed by atoms with Crippen molar-refractivity contribution >= 4 is 35.0 Å². The highest BCUT2D eigenvalue weighted by atomic mass is 35.5. The lowest BCUT2D eigenvalue weighted by Crippen LogP contribution is -2.40. The van der Waals surface area contributed by atoms with Crippen molar-refractivity contribution < 1.29 is 14.4 Å². The molecule has 1 saturated heterocycles. The first-order valence-corrected chi connectivity index (χ1v) is 9.51. The van der Waals surface area contributed by atoms with Gasteiger partial charge in [-0.2, -0.15) is 0 Å². The molecular formula is C20H19ClN2O3. The van der Waals surface area contributed by atoms with Gasteiger partial charge in [-0.05, 0) is 48.3 Å². The first-order valence-electron chi connectivity index (χ1n) is 9.13. The summed E-state index contributed by atoms with van der Waals surface area (Å²) in [6.45, 7) is 0.145.